The van der Waals surface area contributed by atoms with Crippen LogP contribution < -0.4 is 0 Å². The summed E-state index contributed by atoms with van der Waals surface area (Å²) < 4.78 is 0. The molecule has 1 aromatic heterocycles. The van der Waals surface area contributed by atoms with E-state index in [1.54, 1.807) is 12.1 Å². The van der Waals surface area contributed by atoms with Gasteiger partial charge >= 0.3 is 0 Å². The lowest BCUT2D eigenvalue weighted by Crippen LogP contribution is -2.45. The van der Waals surface area contributed by atoms with E-state index >= 15 is 0 Å². The Morgan fingerprint density at radius 2 is 1.68 bits per heavy atom. The Bertz CT molecular complexity index is 768. The molecule has 2 aromatic rings. The Morgan fingerprint density at radius 1 is 0.920 bits per heavy atom. The molecule has 1 aliphatic heterocycles. The van der Waals surface area contributed by atoms with Gasteiger partial charge in [-0.3, -0.25) is 9.59 Å². The van der Waals surface area contributed by atoms with Crippen LogP contribution in [-0.2, 0) is 0 Å². The maximum Gasteiger partial charge on any atom is 0.254 e. The van der Waals surface area contributed by atoms with Crippen molar-refractivity contribution in [2.45, 2.75) is 32.1 Å². The van der Waals surface area contributed by atoms with E-state index in [-0.39, 0.29) is 11.7 Å². The number of fused-ring (bicyclic) bond motifs is 1. The molecule has 0 unspecified atom stereocenters. The molecule has 1 saturated heterocycles. The third-order valence-corrected chi connectivity index (χ3v) is 6.59. The summed E-state index contributed by atoms with van der Waals surface area (Å²) in [7, 11) is 0. The zero-order chi connectivity index (χ0) is 17.2. The van der Waals surface area contributed by atoms with E-state index in [0.717, 1.165) is 25.4 Å². The number of carbonyl (C=O) groups is 2. The molecule has 1 aromatic carbocycles. The van der Waals surface area contributed by atoms with Crippen LogP contribution >= 0.6 is 11.3 Å². The lowest BCUT2D eigenvalue weighted by atomic mass is 9.75. The number of hydrogen-bond acceptors (Lipinski definition) is 3. The molecule has 1 aliphatic carbocycles. The second kappa shape index (κ2) is 7.12. The van der Waals surface area contributed by atoms with Crippen molar-refractivity contribution < 1.29 is 9.59 Å². The number of nitrogens with zero attached hydrogens (tertiary/aromatic N) is 1. The third kappa shape index (κ3) is 3.28. The topological polar surface area (TPSA) is 37.4 Å². The molecule has 0 N–H and O–H groups in total. The van der Waals surface area contributed by atoms with Gasteiger partial charge in [-0.25, -0.2) is 0 Å². The normalized spacial score (nSPS) is 23.1. The fraction of sp³-hybridized carbons (Fsp3) is 0.429. The van der Waals surface area contributed by atoms with Crippen molar-refractivity contribution >= 4 is 23.0 Å². The van der Waals surface area contributed by atoms with Crippen molar-refractivity contribution in [3.63, 3.8) is 0 Å². The SMILES string of the molecule is O=C(c1cccs1)c1ccccc1C(=O)N1CC[C@H]2CCCC[C@@H]2C1. The molecule has 2 heterocycles. The maximum absolute atomic E-state index is 13.1. The van der Waals surface area contributed by atoms with Gasteiger partial charge in [-0.05, 0) is 42.2 Å². The summed E-state index contributed by atoms with van der Waals surface area (Å²) in [6.45, 7) is 1.67. The second-order valence-corrected chi connectivity index (χ2v) is 8.14. The van der Waals surface area contributed by atoms with Crippen molar-refractivity contribution in [2.75, 3.05) is 13.1 Å². The molecule has 0 bridgehead atoms. The minimum Gasteiger partial charge on any atom is -0.338 e. The molecule has 2 aliphatic rings. The Labute approximate surface area is 152 Å². The molecule has 2 atom stereocenters. The van der Waals surface area contributed by atoms with E-state index in [9.17, 15) is 9.59 Å². The van der Waals surface area contributed by atoms with E-state index in [1.165, 1.54) is 37.0 Å². The molecular formula is C21H23NO2S. The van der Waals surface area contributed by atoms with E-state index < -0.39 is 0 Å². The lowest BCUT2D eigenvalue weighted by molar-refractivity contribution is 0.0519. The summed E-state index contributed by atoms with van der Waals surface area (Å²) in [6.07, 6.45) is 6.30. The Morgan fingerprint density at radius 3 is 2.44 bits per heavy atom. The molecule has 130 valence electrons. The molecule has 0 radical (unpaired) electrons. The number of benzene rings is 1. The highest BCUT2D eigenvalue weighted by atomic mass is 32.1. The van der Waals surface area contributed by atoms with Gasteiger partial charge in [0.1, 0.15) is 0 Å². The first kappa shape index (κ1) is 16.5. The van der Waals surface area contributed by atoms with Crippen LogP contribution in [0.1, 0.15) is 57.7 Å². The smallest absolute Gasteiger partial charge is 0.254 e. The standard InChI is InChI=1S/C21H23NO2S/c23-20(19-10-5-13-25-19)17-8-3-4-9-18(17)21(24)22-12-11-15-6-1-2-7-16(15)14-22/h3-5,8-10,13,15-16H,1-2,6-7,11-12,14H2/t15-,16-/m1/s1. The molecule has 3 nitrogen and oxygen atoms in total. The molecule has 4 heteroatoms. The molecule has 1 amide bonds. The zero-order valence-corrected chi connectivity index (χ0v) is 15.1. The van der Waals surface area contributed by atoms with Gasteiger partial charge in [0.2, 0.25) is 5.78 Å². The van der Waals surface area contributed by atoms with Crippen molar-refractivity contribution in [1.82, 2.24) is 4.90 Å². The fourth-order valence-corrected chi connectivity index (χ4v) is 5.04. The van der Waals surface area contributed by atoms with Gasteiger partial charge in [0.25, 0.3) is 5.91 Å². The summed E-state index contributed by atoms with van der Waals surface area (Å²) >= 11 is 1.42. The largest absolute Gasteiger partial charge is 0.338 e. The van der Waals surface area contributed by atoms with Crippen LogP contribution in [0.25, 0.3) is 0 Å². The summed E-state index contributed by atoms with van der Waals surface area (Å²) in [5.41, 5.74) is 1.08. The average Bonchev–Trinajstić information content (AvgIpc) is 3.21. The van der Waals surface area contributed by atoms with Gasteiger partial charge in [0.05, 0.1) is 10.4 Å². The lowest BCUT2D eigenvalue weighted by Gasteiger charge is -2.41. The molecular weight excluding hydrogens is 330 g/mol. The Kier molecular flexibility index (Phi) is 4.71. The predicted molar refractivity (Wildman–Crippen MR) is 100 cm³/mol. The highest BCUT2D eigenvalue weighted by Crippen LogP contribution is 2.36. The minimum atomic E-state index is -0.0495. The first-order valence-electron chi connectivity index (χ1n) is 9.20. The molecule has 2 fully saturated rings. The van der Waals surface area contributed by atoms with Crippen LogP contribution in [0, 0.1) is 11.8 Å². The number of piperidine rings is 1. The third-order valence-electron chi connectivity index (χ3n) is 5.73. The Balaban J connectivity index is 1.57. The highest BCUT2D eigenvalue weighted by Gasteiger charge is 2.34. The molecule has 1 saturated carbocycles. The number of amides is 1. The second-order valence-electron chi connectivity index (χ2n) is 7.20. The maximum atomic E-state index is 13.1. The number of thiophene rings is 1. The van der Waals surface area contributed by atoms with Crippen LogP contribution in [0.2, 0.25) is 0 Å². The van der Waals surface area contributed by atoms with E-state index in [4.69, 9.17) is 0 Å². The van der Waals surface area contributed by atoms with Crippen molar-refractivity contribution in [1.29, 1.82) is 0 Å². The fourth-order valence-electron chi connectivity index (χ4n) is 4.36. The number of likely N-dealkylation sites (tertiary alicyclic amines) is 1. The quantitative estimate of drug-likeness (QED) is 0.754. The predicted octanol–water partition coefficient (Wildman–Crippen LogP) is 4.63. The first-order valence-corrected chi connectivity index (χ1v) is 10.1. The molecule has 0 spiro atoms. The van der Waals surface area contributed by atoms with Crippen LogP contribution in [-0.4, -0.2) is 29.7 Å². The van der Waals surface area contributed by atoms with Crippen molar-refractivity contribution in [3.05, 3.63) is 57.8 Å². The molecule has 4 rings (SSSR count). The van der Waals surface area contributed by atoms with Gasteiger partial charge in [0, 0.05) is 18.7 Å². The Hall–Kier alpha value is -1.94. The van der Waals surface area contributed by atoms with Gasteiger partial charge < -0.3 is 4.90 Å². The average molecular weight is 353 g/mol. The first-order chi connectivity index (χ1) is 12.2. The van der Waals surface area contributed by atoms with Gasteiger partial charge in [-0.2, -0.15) is 0 Å². The van der Waals surface area contributed by atoms with Crippen LogP contribution in [0.15, 0.2) is 41.8 Å². The number of hydrogen-bond donors (Lipinski definition) is 0. The van der Waals surface area contributed by atoms with Crippen LogP contribution in [0.4, 0.5) is 0 Å². The summed E-state index contributed by atoms with van der Waals surface area (Å²) in [4.78, 5) is 28.6. The summed E-state index contributed by atoms with van der Waals surface area (Å²) in [5.74, 6) is 1.41. The monoisotopic (exact) mass is 353 g/mol. The van der Waals surface area contributed by atoms with Crippen LogP contribution in [0.3, 0.4) is 0 Å². The van der Waals surface area contributed by atoms with E-state index in [0.29, 0.717) is 21.9 Å². The van der Waals surface area contributed by atoms with Crippen molar-refractivity contribution in [2.24, 2.45) is 11.8 Å². The summed E-state index contributed by atoms with van der Waals surface area (Å²) in [6, 6.07) is 11.0. The minimum absolute atomic E-state index is 0.0181. The number of rotatable bonds is 3. The highest BCUT2D eigenvalue weighted by molar-refractivity contribution is 7.12. The zero-order valence-electron chi connectivity index (χ0n) is 14.3. The van der Waals surface area contributed by atoms with Gasteiger partial charge in [0.15, 0.2) is 0 Å². The summed E-state index contributed by atoms with van der Waals surface area (Å²) in [5, 5.41) is 1.89. The van der Waals surface area contributed by atoms with Gasteiger partial charge in [-0.1, -0.05) is 43.5 Å². The van der Waals surface area contributed by atoms with E-state index in [2.05, 4.69) is 0 Å². The molecule has 25 heavy (non-hydrogen) atoms. The van der Waals surface area contributed by atoms with Crippen LogP contribution in [0.5, 0.6) is 0 Å². The van der Waals surface area contributed by atoms with E-state index in [1.807, 2.05) is 34.5 Å². The van der Waals surface area contributed by atoms with Gasteiger partial charge in [-0.15, -0.1) is 11.3 Å². The number of carbonyl (C=O) groups excluding carboxylic acids is 2. The van der Waals surface area contributed by atoms with Crippen molar-refractivity contribution in [3.8, 4) is 0 Å². The number of ketones is 1.